The van der Waals surface area contributed by atoms with Crippen LogP contribution in [0.5, 0.6) is 0 Å². The molecule has 0 aromatic heterocycles. The Balaban J connectivity index is 2.31. The second-order valence-corrected chi connectivity index (χ2v) is 4.34. The summed E-state index contributed by atoms with van der Waals surface area (Å²) in [7, 11) is 0. The summed E-state index contributed by atoms with van der Waals surface area (Å²) in [4.78, 5) is 34.9. The predicted molar refractivity (Wildman–Crippen MR) is 69.6 cm³/mol. The monoisotopic (exact) mass is 259 g/mol. The maximum absolute atomic E-state index is 11.6. The Bertz CT molecular complexity index is 573. The molecule has 0 spiro atoms. The van der Waals surface area contributed by atoms with E-state index in [0.717, 1.165) is 17.2 Å². The van der Waals surface area contributed by atoms with Crippen molar-refractivity contribution in [3.05, 3.63) is 35.4 Å². The van der Waals surface area contributed by atoms with E-state index in [4.69, 9.17) is 5.11 Å². The van der Waals surface area contributed by atoms with Crippen molar-refractivity contribution in [2.45, 2.75) is 19.8 Å². The van der Waals surface area contributed by atoms with Gasteiger partial charge in [-0.15, -0.1) is 0 Å². The van der Waals surface area contributed by atoms with Crippen LogP contribution in [0.15, 0.2) is 24.3 Å². The van der Waals surface area contributed by atoms with Gasteiger partial charge in [-0.1, -0.05) is 6.07 Å². The first-order chi connectivity index (χ1) is 8.99. The SMILES string of the molecule is Cc1cc(N2C(=O)CCC2=O)ccc1/C=C/C(=O)O. The average molecular weight is 259 g/mol. The van der Waals surface area contributed by atoms with Crippen LogP contribution in [0, 0.1) is 6.92 Å². The molecule has 2 rings (SSSR count). The van der Waals surface area contributed by atoms with E-state index in [-0.39, 0.29) is 24.7 Å². The number of hydrogen-bond donors (Lipinski definition) is 1. The Morgan fingerprint density at radius 2 is 1.89 bits per heavy atom. The number of anilines is 1. The molecule has 1 aliphatic rings. The number of rotatable bonds is 3. The molecule has 0 bridgehead atoms. The molecule has 1 N–H and O–H groups in total. The lowest BCUT2D eigenvalue weighted by molar-refractivity contribution is -0.131. The van der Waals surface area contributed by atoms with Gasteiger partial charge in [0, 0.05) is 18.9 Å². The molecule has 5 nitrogen and oxygen atoms in total. The van der Waals surface area contributed by atoms with Gasteiger partial charge in [0.15, 0.2) is 0 Å². The Kier molecular flexibility index (Phi) is 3.46. The highest BCUT2D eigenvalue weighted by atomic mass is 16.4. The molecular formula is C14H13NO4. The Hall–Kier alpha value is -2.43. The largest absolute Gasteiger partial charge is 0.478 e. The van der Waals surface area contributed by atoms with Gasteiger partial charge in [-0.25, -0.2) is 4.79 Å². The second kappa shape index (κ2) is 5.06. The number of nitrogens with zero attached hydrogens (tertiary/aromatic N) is 1. The van der Waals surface area contributed by atoms with E-state index in [9.17, 15) is 14.4 Å². The van der Waals surface area contributed by atoms with E-state index < -0.39 is 5.97 Å². The molecule has 1 aromatic carbocycles. The van der Waals surface area contributed by atoms with Crippen molar-refractivity contribution in [1.82, 2.24) is 0 Å². The Labute approximate surface area is 110 Å². The predicted octanol–water partition coefficient (Wildman–Crippen LogP) is 1.75. The van der Waals surface area contributed by atoms with Crippen LogP contribution in [0.2, 0.25) is 0 Å². The van der Waals surface area contributed by atoms with Gasteiger partial charge in [0.05, 0.1) is 5.69 Å². The zero-order valence-corrected chi connectivity index (χ0v) is 10.4. The molecule has 5 heteroatoms. The highest BCUT2D eigenvalue weighted by Gasteiger charge is 2.30. The van der Waals surface area contributed by atoms with Gasteiger partial charge in [0.25, 0.3) is 0 Å². The molecule has 1 aromatic rings. The third-order valence-corrected chi connectivity index (χ3v) is 2.97. The highest BCUT2D eigenvalue weighted by molar-refractivity contribution is 6.19. The minimum atomic E-state index is -1.02. The summed E-state index contributed by atoms with van der Waals surface area (Å²) >= 11 is 0. The molecular weight excluding hydrogens is 246 g/mol. The lowest BCUT2D eigenvalue weighted by Crippen LogP contribution is -2.28. The quantitative estimate of drug-likeness (QED) is 0.662. The number of carbonyl (C=O) groups is 3. The van der Waals surface area contributed by atoms with Crippen molar-refractivity contribution in [2.75, 3.05) is 4.90 Å². The maximum atomic E-state index is 11.6. The van der Waals surface area contributed by atoms with E-state index in [0.29, 0.717) is 5.69 Å². The van der Waals surface area contributed by atoms with Gasteiger partial charge in [-0.05, 0) is 36.3 Å². The Morgan fingerprint density at radius 1 is 1.26 bits per heavy atom. The van der Waals surface area contributed by atoms with Crippen molar-refractivity contribution in [3.8, 4) is 0 Å². The summed E-state index contributed by atoms with van der Waals surface area (Å²) in [6.07, 6.45) is 3.03. The van der Waals surface area contributed by atoms with Crippen LogP contribution in [0.4, 0.5) is 5.69 Å². The number of aliphatic carboxylic acids is 1. The van der Waals surface area contributed by atoms with E-state index in [2.05, 4.69) is 0 Å². The number of carboxylic acid groups (broad SMARTS) is 1. The normalized spacial score (nSPS) is 15.5. The molecule has 1 fully saturated rings. The highest BCUT2D eigenvalue weighted by Crippen LogP contribution is 2.25. The fourth-order valence-electron chi connectivity index (χ4n) is 2.01. The number of amides is 2. The van der Waals surface area contributed by atoms with Crippen molar-refractivity contribution >= 4 is 29.5 Å². The Morgan fingerprint density at radius 3 is 2.42 bits per heavy atom. The lowest BCUT2D eigenvalue weighted by Gasteiger charge is -2.15. The van der Waals surface area contributed by atoms with Crippen LogP contribution in [0.1, 0.15) is 24.0 Å². The summed E-state index contributed by atoms with van der Waals surface area (Å²) in [6, 6.07) is 5.06. The van der Waals surface area contributed by atoms with Gasteiger partial charge in [-0.3, -0.25) is 14.5 Å². The number of aryl methyl sites for hydroxylation is 1. The second-order valence-electron chi connectivity index (χ2n) is 4.34. The lowest BCUT2D eigenvalue weighted by atomic mass is 10.1. The van der Waals surface area contributed by atoms with Gasteiger partial charge < -0.3 is 5.11 Å². The molecule has 0 aliphatic carbocycles. The third kappa shape index (κ3) is 2.70. The summed E-state index contributed by atoms with van der Waals surface area (Å²) in [5.41, 5.74) is 2.09. The van der Waals surface area contributed by atoms with Crippen molar-refractivity contribution in [2.24, 2.45) is 0 Å². The zero-order valence-electron chi connectivity index (χ0n) is 10.4. The van der Waals surface area contributed by atoms with Gasteiger partial charge >= 0.3 is 5.97 Å². The minimum Gasteiger partial charge on any atom is -0.478 e. The molecule has 1 saturated heterocycles. The molecule has 1 heterocycles. The molecule has 2 amide bonds. The minimum absolute atomic E-state index is 0.196. The van der Waals surface area contributed by atoms with Crippen molar-refractivity contribution < 1.29 is 19.5 Å². The number of carboxylic acids is 1. The average Bonchev–Trinajstić information content (AvgIpc) is 2.67. The van der Waals surface area contributed by atoms with Gasteiger partial charge in [0.1, 0.15) is 0 Å². The summed E-state index contributed by atoms with van der Waals surface area (Å²) < 4.78 is 0. The van der Waals surface area contributed by atoms with Crippen LogP contribution in [0.3, 0.4) is 0 Å². The van der Waals surface area contributed by atoms with Crippen LogP contribution in [0.25, 0.3) is 6.08 Å². The van der Waals surface area contributed by atoms with Crippen molar-refractivity contribution in [3.63, 3.8) is 0 Å². The van der Waals surface area contributed by atoms with Crippen LogP contribution in [-0.2, 0) is 14.4 Å². The molecule has 0 unspecified atom stereocenters. The number of imide groups is 1. The van der Waals surface area contributed by atoms with E-state index >= 15 is 0 Å². The first kappa shape index (κ1) is 13.0. The first-order valence-corrected chi connectivity index (χ1v) is 5.86. The van der Waals surface area contributed by atoms with Crippen LogP contribution >= 0.6 is 0 Å². The number of carbonyl (C=O) groups excluding carboxylic acids is 2. The maximum Gasteiger partial charge on any atom is 0.328 e. The molecule has 0 saturated carbocycles. The number of benzene rings is 1. The third-order valence-electron chi connectivity index (χ3n) is 2.97. The van der Waals surface area contributed by atoms with E-state index in [1.807, 2.05) is 0 Å². The molecule has 0 atom stereocenters. The number of hydrogen-bond acceptors (Lipinski definition) is 3. The molecule has 0 radical (unpaired) electrons. The smallest absolute Gasteiger partial charge is 0.328 e. The topological polar surface area (TPSA) is 74.7 Å². The summed E-state index contributed by atoms with van der Waals surface area (Å²) in [5, 5.41) is 8.58. The summed E-state index contributed by atoms with van der Waals surface area (Å²) in [6.45, 7) is 1.80. The molecule has 1 aliphatic heterocycles. The van der Waals surface area contributed by atoms with Gasteiger partial charge in [-0.2, -0.15) is 0 Å². The molecule has 19 heavy (non-hydrogen) atoms. The summed E-state index contributed by atoms with van der Waals surface area (Å²) in [5.74, 6) is -1.41. The fraction of sp³-hybridized carbons (Fsp3) is 0.214. The molecule has 98 valence electrons. The zero-order chi connectivity index (χ0) is 14.0. The van der Waals surface area contributed by atoms with Crippen molar-refractivity contribution in [1.29, 1.82) is 0 Å². The van der Waals surface area contributed by atoms with Gasteiger partial charge in [0.2, 0.25) is 11.8 Å². The standard InChI is InChI=1S/C14H13NO4/c1-9-8-11(15-12(16)5-6-13(15)17)4-2-10(9)3-7-14(18)19/h2-4,7-8H,5-6H2,1H3,(H,18,19)/b7-3+. The first-order valence-electron chi connectivity index (χ1n) is 5.86. The van der Waals surface area contributed by atoms with E-state index in [1.54, 1.807) is 25.1 Å². The van der Waals surface area contributed by atoms with Crippen LogP contribution < -0.4 is 4.90 Å². The fourth-order valence-corrected chi connectivity index (χ4v) is 2.01. The van der Waals surface area contributed by atoms with Crippen LogP contribution in [-0.4, -0.2) is 22.9 Å². The van der Waals surface area contributed by atoms with E-state index in [1.165, 1.54) is 11.0 Å².